The molecule has 0 fully saturated rings. The van der Waals surface area contributed by atoms with E-state index >= 15 is 0 Å². The second-order valence-corrected chi connectivity index (χ2v) is 5.39. The van der Waals surface area contributed by atoms with Crippen LogP contribution in [0.25, 0.3) is 0 Å². The molecular formula is C16H24N2O. The smallest absolute Gasteiger partial charge is 0.222 e. The number of amides is 1. The summed E-state index contributed by atoms with van der Waals surface area (Å²) in [5.41, 5.74) is 3.94. The highest BCUT2D eigenvalue weighted by Gasteiger charge is 2.27. The molecule has 0 saturated carbocycles. The van der Waals surface area contributed by atoms with Crippen molar-refractivity contribution in [3.05, 3.63) is 29.1 Å². The van der Waals surface area contributed by atoms with Crippen LogP contribution in [0.3, 0.4) is 0 Å². The summed E-state index contributed by atoms with van der Waals surface area (Å²) in [6.45, 7) is 7.11. The minimum absolute atomic E-state index is 0.281. The number of hydrogen-bond acceptors (Lipinski definition) is 2. The highest BCUT2D eigenvalue weighted by molar-refractivity contribution is 5.76. The molecule has 1 aromatic rings. The largest absolute Gasteiger partial charge is 0.339 e. The van der Waals surface area contributed by atoms with E-state index in [1.54, 1.807) is 0 Å². The van der Waals surface area contributed by atoms with E-state index in [0.29, 0.717) is 12.5 Å². The van der Waals surface area contributed by atoms with Gasteiger partial charge in [0.2, 0.25) is 5.91 Å². The van der Waals surface area contributed by atoms with Gasteiger partial charge >= 0.3 is 0 Å². The molecule has 3 nitrogen and oxygen atoms in total. The predicted molar refractivity (Wildman–Crippen MR) is 77.1 cm³/mol. The normalized spacial score (nSPS) is 17.9. The van der Waals surface area contributed by atoms with E-state index in [2.05, 4.69) is 29.8 Å². The Morgan fingerprint density at radius 3 is 2.95 bits per heavy atom. The molecule has 1 heterocycles. The predicted octanol–water partition coefficient (Wildman–Crippen LogP) is 2.90. The zero-order valence-electron chi connectivity index (χ0n) is 12.3. The molecule has 0 aromatic carbocycles. The Morgan fingerprint density at radius 2 is 2.26 bits per heavy atom. The summed E-state index contributed by atoms with van der Waals surface area (Å²) >= 11 is 0. The molecule has 1 aliphatic rings. The van der Waals surface area contributed by atoms with Crippen molar-refractivity contribution in [1.82, 2.24) is 9.88 Å². The summed E-state index contributed by atoms with van der Waals surface area (Å²) in [5.74, 6) is 0.281. The van der Waals surface area contributed by atoms with Gasteiger partial charge in [-0.1, -0.05) is 13.8 Å². The molecule has 0 aliphatic heterocycles. The molecule has 104 valence electrons. The minimum Gasteiger partial charge on any atom is -0.339 e. The lowest BCUT2D eigenvalue weighted by Gasteiger charge is -2.35. The second kappa shape index (κ2) is 6.18. The van der Waals surface area contributed by atoms with Gasteiger partial charge in [-0.15, -0.1) is 0 Å². The highest BCUT2D eigenvalue weighted by atomic mass is 16.2. The van der Waals surface area contributed by atoms with Gasteiger partial charge in [-0.3, -0.25) is 9.78 Å². The average molecular weight is 260 g/mol. The second-order valence-electron chi connectivity index (χ2n) is 5.39. The van der Waals surface area contributed by atoms with E-state index in [4.69, 9.17) is 0 Å². The Morgan fingerprint density at radius 1 is 1.47 bits per heavy atom. The van der Waals surface area contributed by atoms with Crippen molar-refractivity contribution in [2.75, 3.05) is 6.54 Å². The summed E-state index contributed by atoms with van der Waals surface area (Å²) in [4.78, 5) is 18.7. The first-order valence-corrected chi connectivity index (χ1v) is 7.40. The summed E-state index contributed by atoms with van der Waals surface area (Å²) in [6, 6.07) is 2.43. The first-order valence-electron chi connectivity index (χ1n) is 7.40. The number of fused-ring (bicyclic) bond motifs is 1. The van der Waals surface area contributed by atoms with E-state index in [0.717, 1.165) is 32.2 Å². The first-order chi connectivity index (χ1) is 9.17. The van der Waals surface area contributed by atoms with E-state index in [-0.39, 0.29) is 5.91 Å². The third kappa shape index (κ3) is 2.96. The molecule has 19 heavy (non-hydrogen) atoms. The quantitative estimate of drug-likeness (QED) is 0.834. The summed E-state index contributed by atoms with van der Waals surface area (Å²) in [5, 5.41) is 0. The molecule has 1 aromatic heterocycles. The number of hydrogen-bond donors (Lipinski definition) is 0. The lowest BCUT2D eigenvalue weighted by Crippen LogP contribution is -2.43. The third-order valence-corrected chi connectivity index (χ3v) is 4.06. The molecule has 1 atom stereocenters. The SMILES string of the molecule is CCCN(C(=O)CC)C1CCc2c(C)ccnc2C1. The van der Waals surface area contributed by atoms with Crippen LogP contribution in [0.5, 0.6) is 0 Å². The molecule has 0 spiro atoms. The van der Waals surface area contributed by atoms with Crippen LogP contribution in [0.1, 0.15) is 49.9 Å². The Kier molecular flexibility index (Phi) is 4.56. The molecule has 1 unspecified atom stereocenters. The molecule has 0 radical (unpaired) electrons. The van der Waals surface area contributed by atoms with Crippen LogP contribution in [0.2, 0.25) is 0 Å². The van der Waals surface area contributed by atoms with Gasteiger partial charge in [0.1, 0.15) is 0 Å². The maximum absolute atomic E-state index is 12.1. The van der Waals surface area contributed by atoms with Gasteiger partial charge in [0.25, 0.3) is 0 Å². The lowest BCUT2D eigenvalue weighted by atomic mass is 9.88. The summed E-state index contributed by atoms with van der Waals surface area (Å²) in [7, 11) is 0. The van der Waals surface area contributed by atoms with Crippen molar-refractivity contribution < 1.29 is 4.79 Å². The number of carbonyl (C=O) groups is 1. The van der Waals surface area contributed by atoms with Crippen LogP contribution in [-0.2, 0) is 17.6 Å². The Hall–Kier alpha value is -1.38. The van der Waals surface area contributed by atoms with Gasteiger partial charge < -0.3 is 4.90 Å². The van der Waals surface area contributed by atoms with Crippen molar-refractivity contribution in [3.63, 3.8) is 0 Å². The number of carbonyl (C=O) groups excluding carboxylic acids is 1. The molecule has 0 bridgehead atoms. The van der Waals surface area contributed by atoms with Crippen molar-refractivity contribution in [3.8, 4) is 0 Å². The Balaban J connectivity index is 2.17. The number of pyridine rings is 1. The van der Waals surface area contributed by atoms with E-state index in [1.165, 1.54) is 16.8 Å². The Labute approximate surface area is 116 Å². The maximum atomic E-state index is 12.1. The summed E-state index contributed by atoms with van der Waals surface area (Å²) < 4.78 is 0. The topological polar surface area (TPSA) is 33.2 Å². The first kappa shape index (κ1) is 14.0. The molecule has 1 amide bonds. The van der Waals surface area contributed by atoms with Crippen LogP contribution in [0, 0.1) is 6.92 Å². The fraction of sp³-hybridized carbons (Fsp3) is 0.625. The van der Waals surface area contributed by atoms with E-state index < -0.39 is 0 Å². The molecule has 1 aliphatic carbocycles. The number of aromatic nitrogens is 1. The summed E-state index contributed by atoms with van der Waals surface area (Å²) in [6.07, 6.45) is 6.56. The number of rotatable bonds is 4. The Bertz CT molecular complexity index is 456. The molecular weight excluding hydrogens is 236 g/mol. The van der Waals surface area contributed by atoms with Gasteiger partial charge in [0.15, 0.2) is 0 Å². The molecule has 3 heteroatoms. The highest BCUT2D eigenvalue weighted by Crippen LogP contribution is 2.25. The lowest BCUT2D eigenvalue weighted by molar-refractivity contribution is -0.133. The van der Waals surface area contributed by atoms with Gasteiger partial charge in [-0.25, -0.2) is 0 Å². The van der Waals surface area contributed by atoms with Crippen LogP contribution < -0.4 is 0 Å². The fourth-order valence-corrected chi connectivity index (χ4v) is 3.02. The fourth-order valence-electron chi connectivity index (χ4n) is 3.02. The van der Waals surface area contributed by atoms with Crippen LogP contribution in [0.15, 0.2) is 12.3 Å². The van der Waals surface area contributed by atoms with Crippen molar-refractivity contribution in [2.45, 2.75) is 58.9 Å². The standard InChI is InChI=1S/C16H24N2O/c1-4-10-18(16(19)5-2)13-6-7-14-12(3)8-9-17-15(14)11-13/h8-9,13H,4-7,10-11H2,1-3H3. The molecule has 2 rings (SSSR count). The minimum atomic E-state index is 0.281. The molecule has 0 saturated heterocycles. The van der Waals surface area contributed by atoms with Crippen molar-refractivity contribution >= 4 is 5.91 Å². The van der Waals surface area contributed by atoms with Crippen LogP contribution in [0.4, 0.5) is 0 Å². The van der Waals surface area contributed by atoms with Gasteiger partial charge in [-0.2, -0.15) is 0 Å². The maximum Gasteiger partial charge on any atom is 0.222 e. The van der Waals surface area contributed by atoms with Crippen molar-refractivity contribution in [2.24, 2.45) is 0 Å². The monoisotopic (exact) mass is 260 g/mol. The average Bonchev–Trinajstić information content (AvgIpc) is 2.44. The van der Waals surface area contributed by atoms with E-state index in [1.807, 2.05) is 13.1 Å². The van der Waals surface area contributed by atoms with Crippen LogP contribution >= 0.6 is 0 Å². The van der Waals surface area contributed by atoms with Gasteiger partial charge in [-0.05, 0) is 43.4 Å². The number of aryl methyl sites for hydroxylation is 1. The van der Waals surface area contributed by atoms with Gasteiger partial charge in [0.05, 0.1) is 0 Å². The zero-order valence-corrected chi connectivity index (χ0v) is 12.3. The third-order valence-electron chi connectivity index (χ3n) is 4.06. The number of nitrogens with zero attached hydrogens (tertiary/aromatic N) is 2. The van der Waals surface area contributed by atoms with Crippen LogP contribution in [-0.4, -0.2) is 28.4 Å². The van der Waals surface area contributed by atoms with Crippen molar-refractivity contribution in [1.29, 1.82) is 0 Å². The van der Waals surface area contributed by atoms with Gasteiger partial charge in [0, 0.05) is 37.3 Å². The molecule has 0 N–H and O–H groups in total. The van der Waals surface area contributed by atoms with E-state index in [9.17, 15) is 4.79 Å². The zero-order chi connectivity index (χ0) is 13.8.